The molecule has 0 spiro atoms. The molecule has 4 heteroatoms. The van der Waals surface area contributed by atoms with Crippen molar-refractivity contribution >= 4 is 11.7 Å². The molecule has 2 aromatic carbocycles. The first kappa shape index (κ1) is 16.7. The molecule has 0 saturated carbocycles. The van der Waals surface area contributed by atoms with Gasteiger partial charge in [0, 0.05) is 12.8 Å². The maximum absolute atomic E-state index is 11.5. The molecule has 0 amide bonds. The lowest BCUT2D eigenvalue weighted by Gasteiger charge is -2.10. The van der Waals surface area contributed by atoms with Crippen molar-refractivity contribution in [2.45, 2.75) is 19.8 Å². The summed E-state index contributed by atoms with van der Waals surface area (Å²) in [7, 11) is 1.36. The highest BCUT2D eigenvalue weighted by Gasteiger charge is 2.16. The second-order valence-corrected chi connectivity index (χ2v) is 5.53. The highest BCUT2D eigenvalue weighted by Crippen LogP contribution is 2.20. The Morgan fingerprint density at radius 1 is 1.09 bits per heavy atom. The van der Waals surface area contributed by atoms with Crippen molar-refractivity contribution in [3.05, 3.63) is 60.2 Å². The smallest absolute Gasteiger partial charge is 0.308 e. The van der Waals surface area contributed by atoms with Crippen LogP contribution in [0.5, 0.6) is 0 Å². The number of benzene rings is 2. The van der Waals surface area contributed by atoms with Crippen molar-refractivity contribution < 1.29 is 14.7 Å². The number of rotatable bonds is 6. The normalized spacial score (nSPS) is 12.7. The fraction of sp³-hybridized carbons (Fsp3) is 0.263. The molecule has 1 unspecified atom stereocenters. The molecule has 23 heavy (non-hydrogen) atoms. The Balaban J connectivity index is 2.03. The van der Waals surface area contributed by atoms with Gasteiger partial charge >= 0.3 is 5.97 Å². The molecule has 0 fully saturated rings. The van der Waals surface area contributed by atoms with Crippen molar-refractivity contribution in [2.75, 3.05) is 7.11 Å². The average Bonchev–Trinajstić information content (AvgIpc) is 2.61. The maximum Gasteiger partial charge on any atom is 0.308 e. The van der Waals surface area contributed by atoms with Crippen LogP contribution in [-0.2, 0) is 16.0 Å². The number of methoxy groups -OCH3 is 1. The average molecular weight is 311 g/mol. The summed E-state index contributed by atoms with van der Waals surface area (Å²) in [6.45, 7) is 1.76. The molecule has 0 radical (unpaired) electrons. The minimum Gasteiger partial charge on any atom is -0.469 e. The Morgan fingerprint density at radius 2 is 1.70 bits per heavy atom. The summed E-state index contributed by atoms with van der Waals surface area (Å²) in [6.07, 6.45) is 0.885. The number of hydrogen-bond acceptors (Lipinski definition) is 4. The van der Waals surface area contributed by atoms with Crippen molar-refractivity contribution in [1.82, 2.24) is 0 Å². The van der Waals surface area contributed by atoms with E-state index in [0.717, 1.165) is 16.7 Å². The lowest BCUT2D eigenvalue weighted by atomic mass is 9.97. The molecule has 1 atom stereocenters. The predicted molar refractivity (Wildman–Crippen MR) is 90.6 cm³/mol. The standard InChI is InChI=1S/C19H21NO3/c1-14(19(21)23-2)12-18(20-22)13-15-8-10-17(11-9-15)16-6-4-3-5-7-16/h3-11,14,22H,12-13H2,1-2H3. The Morgan fingerprint density at radius 3 is 2.26 bits per heavy atom. The lowest BCUT2D eigenvalue weighted by Crippen LogP contribution is -2.18. The summed E-state index contributed by atoms with van der Waals surface area (Å²) in [4.78, 5) is 11.5. The molecule has 0 aliphatic carbocycles. The first-order chi connectivity index (χ1) is 11.1. The zero-order chi connectivity index (χ0) is 16.7. The van der Waals surface area contributed by atoms with Gasteiger partial charge in [-0.15, -0.1) is 0 Å². The Hall–Kier alpha value is -2.62. The van der Waals surface area contributed by atoms with Crippen LogP contribution in [0.4, 0.5) is 0 Å². The zero-order valence-electron chi connectivity index (χ0n) is 13.4. The van der Waals surface area contributed by atoms with Crippen LogP contribution in [0.25, 0.3) is 11.1 Å². The minimum atomic E-state index is -0.325. The van der Waals surface area contributed by atoms with E-state index in [1.54, 1.807) is 6.92 Å². The SMILES string of the molecule is COC(=O)C(C)CC(Cc1ccc(-c2ccccc2)cc1)=NO. The minimum absolute atomic E-state index is 0.300. The van der Waals surface area contributed by atoms with Crippen LogP contribution in [0, 0.1) is 5.92 Å². The Bertz CT molecular complexity index is 663. The number of oxime groups is 1. The maximum atomic E-state index is 11.5. The van der Waals surface area contributed by atoms with Gasteiger partial charge in [0.05, 0.1) is 18.7 Å². The molecule has 120 valence electrons. The van der Waals surface area contributed by atoms with E-state index in [0.29, 0.717) is 18.6 Å². The van der Waals surface area contributed by atoms with E-state index >= 15 is 0 Å². The van der Waals surface area contributed by atoms with E-state index in [4.69, 9.17) is 9.94 Å². The number of carbonyl (C=O) groups is 1. The number of ether oxygens (including phenoxy) is 1. The second-order valence-electron chi connectivity index (χ2n) is 5.53. The number of nitrogens with zero attached hydrogens (tertiary/aromatic N) is 1. The van der Waals surface area contributed by atoms with Gasteiger partial charge < -0.3 is 9.94 Å². The molecule has 0 aliphatic rings. The van der Waals surface area contributed by atoms with Crippen LogP contribution >= 0.6 is 0 Å². The van der Waals surface area contributed by atoms with Crippen LogP contribution in [0.2, 0.25) is 0 Å². The first-order valence-electron chi connectivity index (χ1n) is 7.56. The zero-order valence-corrected chi connectivity index (χ0v) is 13.4. The third-order valence-electron chi connectivity index (χ3n) is 3.76. The number of carbonyl (C=O) groups excluding carboxylic acids is 1. The van der Waals surface area contributed by atoms with Gasteiger partial charge in [-0.25, -0.2) is 0 Å². The molecule has 0 aromatic heterocycles. The summed E-state index contributed by atoms with van der Waals surface area (Å²) in [5.74, 6) is -0.625. The van der Waals surface area contributed by atoms with E-state index < -0.39 is 0 Å². The lowest BCUT2D eigenvalue weighted by molar-refractivity contribution is -0.144. The van der Waals surface area contributed by atoms with E-state index in [1.165, 1.54) is 7.11 Å². The van der Waals surface area contributed by atoms with Gasteiger partial charge in [-0.05, 0) is 16.7 Å². The van der Waals surface area contributed by atoms with Gasteiger partial charge in [0.25, 0.3) is 0 Å². The van der Waals surface area contributed by atoms with E-state index in [-0.39, 0.29) is 11.9 Å². The van der Waals surface area contributed by atoms with Crippen LogP contribution in [0.1, 0.15) is 18.9 Å². The van der Waals surface area contributed by atoms with E-state index in [1.807, 2.05) is 42.5 Å². The Kier molecular flexibility index (Phi) is 5.92. The molecule has 2 rings (SSSR count). The predicted octanol–water partition coefficient (Wildman–Crippen LogP) is 3.93. The second kappa shape index (κ2) is 8.13. The molecule has 1 N–H and O–H groups in total. The van der Waals surface area contributed by atoms with Gasteiger partial charge in [-0.3, -0.25) is 4.79 Å². The summed E-state index contributed by atoms with van der Waals surface area (Å²) >= 11 is 0. The van der Waals surface area contributed by atoms with E-state index in [2.05, 4.69) is 17.3 Å². The van der Waals surface area contributed by atoms with Crippen LogP contribution in [0.15, 0.2) is 59.8 Å². The molecule has 0 heterocycles. The first-order valence-corrected chi connectivity index (χ1v) is 7.56. The van der Waals surface area contributed by atoms with Crippen molar-refractivity contribution in [1.29, 1.82) is 0 Å². The topological polar surface area (TPSA) is 58.9 Å². The van der Waals surface area contributed by atoms with Crippen LogP contribution in [-0.4, -0.2) is 24.0 Å². The van der Waals surface area contributed by atoms with Gasteiger partial charge in [-0.1, -0.05) is 66.7 Å². The summed E-state index contributed by atoms with van der Waals surface area (Å²) in [5.41, 5.74) is 3.90. The quantitative estimate of drug-likeness (QED) is 0.380. The monoisotopic (exact) mass is 311 g/mol. The van der Waals surface area contributed by atoms with Gasteiger partial charge in [0.1, 0.15) is 0 Å². The van der Waals surface area contributed by atoms with Crippen LogP contribution < -0.4 is 0 Å². The van der Waals surface area contributed by atoms with Gasteiger partial charge in [-0.2, -0.15) is 0 Å². The van der Waals surface area contributed by atoms with Gasteiger partial charge in [0.2, 0.25) is 0 Å². The number of esters is 1. The molecule has 2 aromatic rings. The van der Waals surface area contributed by atoms with Crippen LogP contribution in [0.3, 0.4) is 0 Å². The Labute approximate surface area is 136 Å². The highest BCUT2D eigenvalue weighted by atomic mass is 16.5. The van der Waals surface area contributed by atoms with Crippen molar-refractivity contribution in [3.63, 3.8) is 0 Å². The highest BCUT2D eigenvalue weighted by molar-refractivity contribution is 5.89. The molecule has 4 nitrogen and oxygen atoms in total. The van der Waals surface area contributed by atoms with Crippen molar-refractivity contribution in [3.8, 4) is 11.1 Å². The third kappa shape index (κ3) is 4.68. The summed E-state index contributed by atoms with van der Waals surface area (Å²) in [5, 5.41) is 12.5. The summed E-state index contributed by atoms with van der Waals surface area (Å²) < 4.78 is 4.70. The molecular weight excluding hydrogens is 290 g/mol. The summed E-state index contributed by atoms with van der Waals surface area (Å²) in [6, 6.07) is 18.2. The molecule has 0 saturated heterocycles. The molecular formula is C19H21NO3. The number of hydrogen-bond donors (Lipinski definition) is 1. The fourth-order valence-electron chi connectivity index (χ4n) is 2.47. The van der Waals surface area contributed by atoms with E-state index in [9.17, 15) is 4.79 Å². The van der Waals surface area contributed by atoms with Crippen molar-refractivity contribution in [2.24, 2.45) is 11.1 Å². The molecule has 0 aliphatic heterocycles. The molecule has 0 bridgehead atoms. The fourth-order valence-corrected chi connectivity index (χ4v) is 2.47. The van der Waals surface area contributed by atoms with Gasteiger partial charge in [0.15, 0.2) is 0 Å². The largest absolute Gasteiger partial charge is 0.469 e. The third-order valence-corrected chi connectivity index (χ3v) is 3.76.